The van der Waals surface area contributed by atoms with E-state index in [9.17, 15) is 9.90 Å². The molecule has 4 heteroatoms. The summed E-state index contributed by atoms with van der Waals surface area (Å²) in [6, 6.07) is 5.61. The molecule has 1 N–H and O–H groups in total. The number of ether oxygens (including phenoxy) is 1. The molecule has 0 saturated heterocycles. The molecule has 1 aromatic rings. The standard InChI is InChI=1S/C12H15BrO3/c1-3-16-12(15)7-11(14)10-6-9(13)5-4-8(10)2/h4-6,11,14H,3,7H2,1-2H3. The molecule has 0 bridgehead atoms. The van der Waals surface area contributed by atoms with Crippen molar-refractivity contribution in [2.45, 2.75) is 26.4 Å². The smallest absolute Gasteiger partial charge is 0.308 e. The Kier molecular flexibility index (Phi) is 4.96. The normalized spacial score (nSPS) is 12.2. The van der Waals surface area contributed by atoms with E-state index < -0.39 is 6.10 Å². The van der Waals surface area contributed by atoms with Crippen LogP contribution in [-0.2, 0) is 9.53 Å². The van der Waals surface area contributed by atoms with E-state index >= 15 is 0 Å². The zero-order chi connectivity index (χ0) is 12.1. The molecular formula is C12H15BrO3. The van der Waals surface area contributed by atoms with E-state index in [1.165, 1.54) is 0 Å². The fraction of sp³-hybridized carbons (Fsp3) is 0.417. The van der Waals surface area contributed by atoms with Crippen LogP contribution in [0, 0.1) is 6.92 Å². The third-order valence-electron chi connectivity index (χ3n) is 2.27. The van der Waals surface area contributed by atoms with Crippen molar-refractivity contribution in [3.63, 3.8) is 0 Å². The molecular weight excluding hydrogens is 272 g/mol. The minimum atomic E-state index is -0.809. The highest BCUT2D eigenvalue weighted by molar-refractivity contribution is 9.10. The average molecular weight is 287 g/mol. The molecule has 0 fully saturated rings. The van der Waals surface area contributed by atoms with E-state index in [4.69, 9.17) is 4.74 Å². The molecule has 16 heavy (non-hydrogen) atoms. The molecule has 0 aliphatic carbocycles. The highest BCUT2D eigenvalue weighted by Gasteiger charge is 2.15. The summed E-state index contributed by atoms with van der Waals surface area (Å²) < 4.78 is 5.68. The number of hydrogen-bond acceptors (Lipinski definition) is 3. The highest BCUT2D eigenvalue weighted by atomic mass is 79.9. The lowest BCUT2D eigenvalue weighted by Crippen LogP contribution is -2.10. The number of halogens is 1. The molecule has 0 aromatic heterocycles. The minimum absolute atomic E-state index is 0.00880. The van der Waals surface area contributed by atoms with Crippen molar-refractivity contribution >= 4 is 21.9 Å². The number of aliphatic hydroxyl groups is 1. The molecule has 0 heterocycles. The van der Waals surface area contributed by atoms with Gasteiger partial charge in [-0.15, -0.1) is 0 Å². The van der Waals surface area contributed by atoms with Gasteiger partial charge in [-0.25, -0.2) is 0 Å². The first-order chi connectivity index (χ1) is 7.54. The van der Waals surface area contributed by atoms with Crippen molar-refractivity contribution in [1.29, 1.82) is 0 Å². The summed E-state index contributed by atoms with van der Waals surface area (Å²) in [4.78, 5) is 11.2. The van der Waals surface area contributed by atoms with Crippen LogP contribution in [0.3, 0.4) is 0 Å². The Morgan fingerprint density at radius 1 is 1.56 bits per heavy atom. The topological polar surface area (TPSA) is 46.5 Å². The van der Waals surface area contributed by atoms with Gasteiger partial charge in [0.1, 0.15) is 0 Å². The van der Waals surface area contributed by atoms with Gasteiger partial charge in [-0.2, -0.15) is 0 Å². The lowest BCUT2D eigenvalue weighted by atomic mass is 10.0. The van der Waals surface area contributed by atoms with Crippen LogP contribution in [0.4, 0.5) is 0 Å². The first-order valence-electron chi connectivity index (χ1n) is 5.14. The van der Waals surface area contributed by atoms with Gasteiger partial charge in [0, 0.05) is 4.47 Å². The Hall–Kier alpha value is -0.870. The summed E-state index contributed by atoms with van der Waals surface area (Å²) in [6.07, 6.45) is -0.818. The van der Waals surface area contributed by atoms with Gasteiger partial charge in [0.15, 0.2) is 0 Å². The lowest BCUT2D eigenvalue weighted by Gasteiger charge is -2.13. The van der Waals surface area contributed by atoms with Crippen LogP contribution < -0.4 is 0 Å². The van der Waals surface area contributed by atoms with Gasteiger partial charge in [-0.05, 0) is 37.1 Å². The zero-order valence-electron chi connectivity index (χ0n) is 9.37. The third-order valence-corrected chi connectivity index (χ3v) is 2.76. The Labute approximate surface area is 104 Å². The van der Waals surface area contributed by atoms with E-state index in [0.717, 1.165) is 15.6 Å². The van der Waals surface area contributed by atoms with E-state index in [1.54, 1.807) is 6.92 Å². The lowest BCUT2D eigenvalue weighted by molar-refractivity contribution is -0.145. The second-order valence-electron chi connectivity index (χ2n) is 3.53. The average Bonchev–Trinajstić information content (AvgIpc) is 2.21. The summed E-state index contributed by atoms with van der Waals surface area (Å²) in [5, 5.41) is 9.90. The van der Waals surface area contributed by atoms with E-state index in [-0.39, 0.29) is 12.4 Å². The van der Waals surface area contributed by atoms with Gasteiger partial charge in [-0.1, -0.05) is 22.0 Å². The predicted molar refractivity (Wildman–Crippen MR) is 65.1 cm³/mol. The van der Waals surface area contributed by atoms with Gasteiger partial charge in [-0.3, -0.25) is 4.79 Å². The Morgan fingerprint density at radius 3 is 2.88 bits per heavy atom. The van der Waals surface area contributed by atoms with Gasteiger partial charge < -0.3 is 9.84 Å². The molecule has 3 nitrogen and oxygen atoms in total. The Morgan fingerprint density at radius 2 is 2.25 bits per heavy atom. The third kappa shape index (κ3) is 3.61. The molecule has 1 atom stereocenters. The van der Waals surface area contributed by atoms with Crippen LogP contribution in [0.15, 0.2) is 22.7 Å². The summed E-state index contributed by atoms with van der Waals surface area (Å²) in [6.45, 7) is 3.98. The van der Waals surface area contributed by atoms with Crippen LogP contribution >= 0.6 is 15.9 Å². The Balaban J connectivity index is 2.76. The number of esters is 1. The van der Waals surface area contributed by atoms with Crippen molar-refractivity contribution < 1.29 is 14.6 Å². The van der Waals surface area contributed by atoms with Gasteiger partial charge in [0.05, 0.1) is 19.1 Å². The van der Waals surface area contributed by atoms with E-state index in [1.807, 2.05) is 25.1 Å². The number of rotatable bonds is 4. The van der Waals surface area contributed by atoms with Crippen LogP contribution in [-0.4, -0.2) is 17.7 Å². The predicted octanol–water partition coefficient (Wildman–Crippen LogP) is 2.74. The molecule has 0 saturated carbocycles. The van der Waals surface area contributed by atoms with Crippen molar-refractivity contribution in [1.82, 2.24) is 0 Å². The zero-order valence-corrected chi connectivity index (χ0v) is 11.0. The number of carbonyl (C=O) groups is 1. The Bertz CT molecular complexity index is 377. The van der Waals surface area contributed by atoms with Crippen LogP contribution in [0.5, 0.6) is 0 Å². The first kappa shape index (κ1) is 13.2. The van der Waals surface area contributed by atoms with Crippen molar-refractivity contribution in [2.75, 3.05) is 6.61 Å². The highest BCUT2D eigenvalue weighted by Crippen LogP contribution is 2.24. The number of benzene rings is 1. The van der Waals surface area contributed by atoms with Crippen molar-refractivity contribution in [3.05, 3.63) is 33.8 Å². The van der Waals surface area contributed by atoms with Crippen LogP contribution in [0.2, 0.25) is 0 Å². The molecule has 0 radical (unpaired) electrons. The number of aryl methyl sites for hydroxylation is 1. The quantitative estimate of drug-likeness (QED) is 0.866. The molecule has 1 rings (SSSR count). The van der Waals surface area contributed by atoms with Crippen LogP contribution in [0.1, 0.15) is 30.6 Å². The fourth-order valence-electron chi connectivity index (χ4n) is 1.46. The maximum atomic E-state index is 11.2. The maximum Gasteiger partial charge on any atom is 0.308 e. The SMILES string of the molecule is CCOC(=O)CC(O)c1cc(Br)ccc1C. The summed E-state index contributed by atoms with van der Waals surface area (Å²) in [5.41, 5.74) is 1.71. The van der Waals surface area contributed by atoms with Crippen LogP contribution in [0.25, 0.3) is 0 Å². The van der Waals surface area contributed by atoms with Crippen molar-refractivity contribution in [3.8, 4) is 0 Å². The number of hydrogen-bond donors (Lipinski definition) is 1. The number of aliphatic hydroxyl groups excluding tert-OH is 1. The molecule has 1 unspecified atom stereocenters. The number of carbonyl (C=O) groups excluding carboxylic acids is 1. The molecule has 0 spiro atoms. The molecule has 0 aliphatic heterocycles. The fourth-order valence-corrected chi connectivity index (χ4v) is 1.84. The van der Waals surface area contributed by atoms with Gasteiger partial charge >= 0.3 is 5.97 Å². The van der Waals surface area contributed by atoms with Gasteiger partial charge in [0.2, 0.25) is 0 Å². The second-order valence-corrected chi connectivity index (χ2v) is 4.44. The van der Waals surface area contributed by atoms with E-state index in [0.29, 0.717) is 6.61 Å². The molecule has 1 aromatic carbocycles. The minimum Gasteiger partial charge on any atom is -0.466 e. The van der Waals surface area contributed by atoms with Crippen molar-refractivity contribution in [2.24, 2.45) is 0 Å². The molecule has 0 amide bonds. The summed E-state index contributed by atoms with van der Waals surface area (Å²) in [5.74, 6) is -0.380. The van der Waals surface area contributed by atoms with E-state index in [2.05, 4.69) is 15.9 Å². The first-order valence-corrected chi connectivity index (χ1v) is 5.93. The maximum absolute atomic E-state index is 11.2. The largest absolute Gasteiger partial charge is 0.466 e. The molecule has 0 aliphatic rings. The summed E-state index contributed by atoms with van der Waals surface area (Å²) in [7, 11) is 0. The summed E-state index contributed by atoms with van der Waals surface area (Å²) >= 11 is 3.33. The second kappa shape index (κ2) is 6.01. The monoisotopic (exact) mass is 286 g/mol. The molecule has 88 valence electrons. The van der Waals surface area contributed by atoms with Gasteiger partial charge in [0.25, 0.3) is 0 Å².